The van der Waals surface area contributed by atoms with Crippen LogP contribution in [0.1, 0.15) is 43.6 Å². The lowest BCUT2D eigenvalue weighted by Crippen LogP contribution is -2.37. The summed E-state index contributed by atoms with van der Waals surface area (Å²) in [6.45, 7) is 8.32. The zero-order valence-electron chi connectivity index (χ0n) is 16.4. The first-order valence-electron chi connectivity index (χ1n) is 9.49. The minimum atomic E-state index is -0.164. The predicted molar refractivity (Wildman–Crippen MR) is 113 cm³/mol. The van der Waals surface area contributed by atoms with E-state index in [1.54, 1.807) is 0 Å². The number of H-pyrrole nitrogens is 1. The van der Waals surface area contributed by atoms with Gasteiger partial charge in [-0.3, -0.25) is 9.69 Å². The Balaban J connectivity index is 1.50. The Morgan fingerprint density at radius 2 is 1.93 bits per heavy atom. The van der Waals surface area contributed by atoms with E-state index >= 15 is 0 Å². The number of aromatic nitrogens is 2. The topological polar surface area (TPSA) is 62.1 Å². The number of benzene rings is 1. The standard InChI is InChI=1S/C22H24BrN3O2/c1-22(2,3)21-24-18-10-11-26(13-17(18)20(27)25-21)12-16-8-9-19(28-16)14-4-6-15(23)7-5-14/h4-9H,10-13H2,1-3H3,(H,24,25,27). The molecule has 146 valence electrons. The SMILES string of the molecule is CC(C)(C)c1nc2c(c(=O)[nH]1)CN(Cc1ccc(-c3ccc(Br)cc3)o1)CC2. The molecule has 0 fully saturated rings. The van der Waals surface area contributed by atoms with Crippen molar-refractivity contribution in [3.63, 3.8) is 0 Å². The Bertz CT molecular complexity index is 1040. The average Bonchev–Trinajstić information content (AvgIpc) is 3.10. The van der Waals surface area contributed by atoms with Crippen LogP contribution in [0.5, 0.6) is 0 Å². The number of furan rings is 1. The van der Waals surface area contributed by atoms with Gasteiger partial charge in [-0.1, -0.05) is 48.8 Å². The molecule has 0 amide bonds. The van der Waals surface area contributed by atoms with Gasteiger partial charge in [-0.25, -0.2) is 4.98 Å². The van der Waals surface area contributed by atoms with Crippen molar-refractivity contribution in [2.45, 2.75) is 45.7 Å². The second kappa shape index (κ2) is 7.33. The third-order valence-electron chi connectivity index (χ3n) is 5.03. The molecule has 3 aromatic rings. The number of hydrogen-bond acceptors (Lipinski definition) is 4. The summed E-state index contributed by atoms with van der Waals surface area (Å²) >= 11 is 3.45. The lowest BCUT2D eigenvalue weighted by Gasteiger charge is -2.28. The Morgan fingerprint density at radius 3 is 2.64 bits per heavy atom. The molecule has 1 aromatic carbocycles. The summed E-state index contributed by atoms with van der Waals surface area (Å²) in [7, 11) is 0. The van der Waals surface area contributed by atoms with Crippen molar-refractivity contribution in [2.24, 2.45) is 0 Å². The highest BCUT2D eigenvalue weighted by Crippen LogP contribution is 2.26. The highest BCUT2D eigenvalue weighted by Gasteiger charge is 2.25. The monoisotopic (exact) mass is 441 g/mol. The first-order chi connectivity index (χ1) is 13.3. The minimum absolute atomic E-state index is 0.0189. The van der Waals surface area contributed by atoms with Crippen molar-refractivity contribution in [3.8, 4) is 11.3 Å². The molecular formula is C22H24BrN3O2. The van der Waals surface area contributed by atoms with E-state index in [9.17, 15) is 4.79 Å². The molecule has 0 spiro atoms. The molecule has 28 heavy (non-hydrogen) atoms. The fourth-order valence-corrected chi connectivity index (χ4v) is 3.69. The van der Waals surface area contributed by atoms with Gasteiger partial charge in [-0.05, 0) is 24.3 Å². The zero-order chi connectivity index (χ0) is 19.9. The van der Waals surface area contributed by atoms with Crippen LogP contribution in [0.25, 0.3) is 11.3 Å². The third kappa shape index (κ3) is 3.98. The van der Waals surface area contributed by atoms with E-state index in [1.165, 1.54) is 0 Å². The molecule has 3 heterocycles. The van der Waals surface area contributed by atoms with E-state index in [2.05, 4.69) is 46.6 Å². The second-order valence-electron chi connectivity index (χ2n) is 8.32. The van der Waals surface area contributed by atoms with Crippen LogP contribution in [-0.2, 0) is 24.9 Å². The normalized spacial score (nSPS) is 14.9. The molecule has 1 aliphatic heterocycles. The molecule has 0 saturated carbocycles. The van der Waals surface area contributed by atoms with Gasteiger partial charge in [0.2, 0.25) is 0 Å². The lowest BCUT2D eigenvalue weighted by atomic mass is 9.95. The Kier molecular flexibility index (Phi) is 5.02. The van der Waals surface area contributed by atoms with Crippen LogP contribution < -0.4 is 5.56 Å². The highest BCUT2D eigenvalue weighted by atomic mass is 79.9. The first-order valence-corrected chi connectivity index (χ1v) is 10.3. The Labute approximate surface area is 172 Å². The summed E-state index contributed by atoms with van der Waals surface area (Å²) in [5, 5.41) is 0. The zero-order valence-corrected chi connectivity index (χ0v) is 18.0. The van der Waals surface area contributed by atoms with Gasteiger partial charge in [0.05, 0.1) is 17.8 Å². The molecular weight excluding hydrogens is 418 g/mol. The van der Waals surface area contributed by atoms with E-state index in [0.29, 0.717) is 13.1 Å². The number of fused-ring (bicyclic) bond motifs is 1. The van der Waals surface area contributed by atoms with Crippen molar-refractivity contribution < 1.29 is 4.42 Å². The number of rotatable bonds is 3. The Morgan fingerprint density at radius 1 is 1.18 bits per heavy atom. The van der Waals surface area contributed by atoms with Crippen LogP contribution in [0, 0.1) is 0 Å². The van der Waals surface area contributed by atoms with Crippen molar-refractivity contribution >= 4 is 15.9 Å². The smallest absolute Gasteiger partial charge is 0.255 e. The summed E-state index contributed by atoms with van der Waals surface area (Å²) in [6.07, 6.45) is 0.780. The van der Waals surface area contributed by atoms with Gasteiger partial charge < -0.3 is 9.40 Å². The second-order valence-corrected chi connectivity index (χ2v) is 9.24. The van der Waals surface area contributed by atoms with Crippen LogP contribution in [0.2, 0.25) is 0 Å². The number of aromatic amines is 1. The van der Waals surface area contributed by atoms with Gasteiger partial charge in [-0.2, -0.15) is 0 Å². The maximum Gasteiger partial charge on any atom is 0.255 e. The van der Waals surface area contributed by atoms with Gasteiger partial charge in [0, 0.05) is 35.0 Å². The van der Waals surface area contributed by atoms with E-state index in [4.69, 9.17) is 9.40 Å². The molecule has 0 bridgehead atoms. The summed E-state index contributed by atoms with van der Waals surface area (Å²) in [4.78, 5) is 22.5. The van der Waals surface area contributed by atoms with Crippen LogP contribution in [0.15, 0.2) is 50.1 Å². The maximum atomic E-state index is 12.6. The summed E-state index contributed by atoms with van der Waals surface area (Å²) in [5.74, 6) is 2.51. The molecule has 0 saturated heterocycles. The number of nitrogens with zero attached hydrogens (tertiary/aromatic N) is 2. The number of nitrogens with one attached hydrogen (secondary N) is 1. The maximum absolute atomic E-state index is 12.6. The first kappa shape index (κ1) is 19.2. The number of hydrogen-bond donors (Lipinski definition) is 1. The van der Waals surface area contributed by atoms with Gasteiger partial charge in [0.1, 0.15) is 17.3 Å². The number of halogens is 1. The van der Waals surface area contributed by atoms with Gasteiger partial charge in [0.25, 0.3) is 5.56 Å². The molecule has 6 heteroatoms. The van der Waals surface area contributed by atoms with Crippen molar-refractivity contribution in [1.29, 1.82) is 0 Å². The highest BCUT2D eigenvalue weighted by molar-refractivity contribution is 9.10. The summed E-state index contributed by atoms with van der Waals surface area (Å²) in [6, 6.07) is 12.1. The van der Waals surface area contributed by atoms with E-state index in [-0.39, 0.29) is 11.0 Å². The molecule has 0 unspecified atom stereocenters. The van der Waals surface area contributed by atoms with Crippen LogP contribution in [0.3, 0.4) is 0 Å². The summed E-state index contributed by atoms with van der Waals surface area (Å²) in [5.41, 5.74) is 2.57. The van der Waals surface area contributed by atoms with Gasteiger partial charge in [0.15, 0.2) is 0 Å². The van der Waals surface area contributed by atoms with Gasteiger partial charge in [-0.15, -0.1) is 0 Å². The molecule has 1 N–H and O–H groups in total. The van der Waals surface area contributed by atoms with E-state index < -0.39 is 0 Å². The van der Waals surface area contributed by atoms with E-state index in [1.807, 2.05) is 36.4 Å². The lowest BCUT2D eigenvalue weighted by molar-refractivity contribution is 0.222. The Hall–Kier alpha value is -2.18. The van der Waals surface area contributed by atoms with Crippen molar-refractivity contribution in [2.75, 3.05) is 6.54 Å². The van der Waals surface area contributed by atoms with Crippen LogP contribution in [0.4, 0.5) is 0 Å². The third-order valence-corrected chi connectivity index (χ3v) is 5.56. The molecule has 0 radical (unpaired) electrons. The van der Waals surface area contributed by atoms with E-state index in [0.717, 1.165) is 51.6 Å². The predicted octanol–water partition coefficient (Wildman–Crippen LogP) is 4.65. The molecule has 4 rings (SSSR count). The van der Waals surface area contributed by atoms with Crippen LogP contribution >= 0.6 is 15.9 Å². The quantitative estimate of drug-likeness (QED) is 0.642. The fourth-order valence-electron chi connectivity index (χ4n) is 3.42. The minimum Gasteiger partial charge on any atom is -0.460 e. The molecule has 2 aromatic heterocycles. The molecule has 1 aliphatic rings. The summed E-state index contributed by atoms with van der Waals surface area (Å²) < 4.78 is 7.08. The van der Waals surface area contributed by atoms with Gasteiger partial charge >= 0.3 is 0 Å². The molecule has 5 nitrogen and oxygen atoms in total. The van der Waals surface area contributed by atoms with Crippen molar-refractivity contribution in [1.82, 2.24) is 14.9 Å². The average molecular weight is 442 g/mol. The molecule has 0 aliphatic carbocycles. The van der Waals surface area contributed by atoms with Crippen molar-refractivity contribution in [3.05, 3.63) is 74.1 Å². The van der Waals surface area contributed by atoms with Crippen LogP contribution in [-0.4, -0.2) is 21.4 Å². The fraction of sp³-hybridized carbons (Fsp3) is 0.364. The largest absolute Gasteiger partial charge is 0.460 e. The molecule has 0 atom stereocenters.